The molecule has 22 heavy (non-hydrogen) atoms. The minimum absolute atomic E-state index is 0.0667. The largest absolute Gasteiger partial charge is 0.478 e. The Kier molecular flexibility index (Phi) is 8.03. The quantitative estimate of drug-likeness (QED) is 0.529. The van der Waals surface area contributed by atoms with Crippen molar-refractivity contribution in [3.63, 3.8) is 0 Å². The zero-order valence-corrected chi connectivity index (χ0v) is 13.1. The molecule has 0 unspecified atom stereocenters. The van der Waals surface area contributed by atoms with Crippen LogP contribution in [0.25, 0.3) is 6.08 Å². The van der Waals surface area contributed by atoms with Gasteiger partial charge in [-0.05, 0) is 30.2 Å². The maximum Gasteiger partial charge on any atom is 0.331 e. The smallest absolute Gasteiger partial charge is 0.331 e. The molecule has 1 rings (SSSR count). The molecule has 0 fully saturated rings. The predicted octanol–water partition coefficient (Wildman–Crippen LogP) is 2.92. The fourth-order valence-electron chi connectivity index (χ4n) is 1.80. The van der Waals surface area contributed by atoms with Gasteiger partial charge in [-0.15, -0.1) is 0 Å². The van der Waals surface area contributed by atoms with Gasteiger partial charge in [-0.3, -0.25) is 0 Å². The minimum Gasteiger partial charge on any atom is -0.478 e. The Morgan fingerprint density at radius 1 is 1.14 bits per heavy atom. The van der Waals surface area contributed by atoms with E-state index in [4.69, 9.17) is 18.9 Å². The van der Waals surface area contributed by atoms with Crippen LogP contribution in [0.3, 0.4) is 0 Å². The molecule has 0 aliphatic rings. The second-order valence-corrected chi connectivity index (χ2v) is 4.53. The van der Waals surface area contributed by atoms with Gasteiger partial charge in [0.05, 0.1) is 0 Å². The van der Waals surface area contributed by atoms with Crippen molar-refractivity contribution in [2.24, 2.45) is 0 Å². The van der Waals surface area contributed by atoms with Gasteiger partial charge in [0.15, 0.2) is 25.1 Å². The summed E-state index contributed by atoms with van der Waals surface area (Å²) in [7, 11) is 3.04. The molecule has 6 heteroatoms. The Morgan fingerprint density at radius 3 is 2.32 bits per heavy atom. The van der Waals surface area contributed by atoms with E-state index in [9.17, 15) is 9.90 Å². The van der Waals surface area contributed by atoms with Gasteiger partial charge in [-0.1, -0.05) is 19.4 Å². The van der Waals surface area contributed by atoms with E-state index in [1.54, 1.807) is 24.3 Å². The Hall–Kier alpha value is -2.05. The van der Waals surface area contributed by atoms with Crippen molar-refractivity contribution in [3.05, 3.63) is 29.3 Å². The summed E-state index contributed by atoms with van der Waals surface area (Å²) >= 11 is 0. The molecule has 0 saturated carbocycles. The van der Waals surface area contributed by atoms with Gasteiger partial charge in [0, 0.05) is 19.8 Å². The van der Waals surface area contributed by atoms with Crippen molar-refractivity contribution < 1.29 is 28.8 Å². The SMILES string of the molecule is CCC/C(=C\c1ccc(OCOC)c(OCOC)c1)C(=O)O. The molecule has 0 aliphatic heterocycles. The number of aliphatic carboxylic acids is 1. The van der Waals surface area contributed by atoms with E-state index in [0.29, 0.717) is 23.5 Å². The molecule has 0 aromatic heterocycles. The van der Waals surface area contributed by atoms with Crippen LogP contribution in [0.4, 0.5) is 0 Å². The third kappa shape index (κ3) is 5.75. The summed E-state index contributed by atoms with van der Waals surface area (Å²) in [6.07, 6.45) is 2.90. The third-order valence-electron chi connectivity index (χ3n) is 2.77. The highest BCUT2D eigenvalue weighted by atomic mass is 16.7. The lowest BCUT2D eigenvalue weighted by molar-refractivity contribution is -0.132. The average molecular weight is 310 g/mol. The second kappa shape index (κ2) is 9.81. The van der Waals surface area contributed by atoms with Gasteiger partial charge in [-0.25, -0.2) is 4.79 Å². The monoisotopic (exact) mass is 310 g/mol. The molecule has 0 heterocycles. The number of rotatable bonds is 10. The van der Waals surface area contributed by atoms with Gasteiger partial charge in [0.25, 0.3) is 0 Å². The maximum atomic E-state index is 11.2. The summed E-state index contributed by atoms with van der Waals surface area (Å²) in [6, 6.07) is 5.19. The molecule has 0 aliphatic carbocycles. The van der Waals surface area contributed by atoms with Crippen molar-refractivity contribution >= 4 is 12.0 Å². The van der Waals surface area contributed by atoms with Gasteiger partial charge < -0.3 is 24.1 Å². The van der Waals surface area contributed by atoms with Crippen LogP contribution < -0.4 is 9.47 Å². The van der Waals surface area contributed by atoms with Crippen LogP contribution in [0.1, 0.15) is 25.3 Å². The summed E-state index contributed by atoms with van der Waals surface area (Å²) in [5, 5.41) is 9.19. The molecule has 1 aromatic rings. The molecule has 0 bridgehead atoms. The standard InChI is InChI=1S/C16H22O6/c1-4-5-13(16(17)18)8-12-6-7-14(21-10-19-2)15(9-12)22-11-20-3/h6-9H,4-5,10-11H2,1-3H3,(H,17,18)/b13-8+. The molecule has 0 radical (unpaired) electrons. The average Bonchev–Trinajstić information content (AvgIpc) is 2.51. The first-order valence-corrected chi connectivity index (χ1v) is 6.93. The van der Waals surface area contributed by atoms with Crippen LogP contribution in [-0.4, -0.2) is 38.9 Å². The van der Waals surface area contributed by atoms with E-state index in [0.717, 1.165) is 12.0 Å². The van der Waals surface area contributed by atoms with Crippen LogP contribution in [0, 0.1) is 0 Å². The van der Waals surface area contributed by atoms with E-state index in [2.05, 4.69) is 0 Å². The number of carbonyl (C=O) groups is 1. The van der Waals surface area contributed by atoms with Crippen molar-refractivity contribution in [3.8, 4) is 11.5 Å². The molecule has 0 spiro atoms. The number of methoxy groups -OCH3 is 2. The topological polar surface area (TPSA) is 74.2 Å². The van der Waals surface area contributed by atoms with Gasteiger partial charge >= 0.3 is 5.97 Å². The van der Waals surface area contributed by atoms with Gasteiger partial charge in [0.2, 0.25) is 0 Å². The zero-order valence-electron chi connectivity index (χ0n) is 13.1. The Labute approximate surface area is 130 Å². The summed E-state index contributed by atoms with van der Waals surface area (Å²) < 4.78 is 20.6. The molecule has 6 nitrogen and oxygen atoms in total. The first-order chi connectivity index (χ1) is 10.6. The lowest BCUT2D eigenvalue weighted by atomic mass is 10.1. The molecule has 0 atom stereocenters. The highest BCUT2D eigenvalue weighted by Gasteiger charge is 2.09. The lowest BCUT2D eigenvalue weighted by Crippen LogP contribution is -2.05. The van der Waals surface area contributed by atoms with E-state index >= 15 is 0 Å². The molecule has 1 N–H and O–H groups in total. The van der Waals surface area contributed by atoms with E-state index < -0.39 is 5.97 Å². The first kappa shape index (κ1) is 18.0. The Morgan fingerprint density at radius 2 is 1.77 bits per heavy atom. The number of hydrogen-bond donors (Lipinski definition) is 1. The molecular formula is C16H22O6. The number of benzene rings is 1. The molecule has 0 saturated heterocycles. The van der Waals surface area contributed by atoms with E-state index in [-0.39, 0.29) is 13.6 Å². The summed E-state index contributed by atoms with van der Waals surface area (Å²) in [6.45, 7) is 2.09. The van der Waals surface area contributed by atoms with Crippen molar-refractivity contribution in [2.45, 2.75) is 19.8 Å². The first-order valence-electron chi connectivity index (χ1n) is 6.93. The highest BCUT2D eigenvalue weighted by Crippen LogP contribution is 2.29. The lowest BCUT2D eigenvalue weighted by Gasteiger charge is -2.12. The zero-order chi connectivity index (χ0) is 16.4. The van der Waals surface area contributed by atoms with Crippen molar-refractivity contribution in [2.75, 3.05) is 27.8 Å². The Balaban J connectivity index is 3.05. The second-order valence-electron chi connectivity index (χ2n) is 4.53. The third-order valence-corrected chi connectivity index (χ3v) is 2.77. The highest BCUT2D eigenvalue weighted by molar-refractivity contribution is 5.92. The fraction of sp³-hybridized carbons (Fsp3) is 0.438. The fourth-order valence-corrected chi connectivity index (χ4v) is 1.80. The Bertz CT molecular complexity index is 509. The van der Waals surface area contributed by atoms with Crippen LogP contribution in [0.2, 0.25) is 0 Å². The van der Waals surface area contributed by atoms with Crippen LogP contribution in [0.15, 0.2) is 23.8 Å². The molecule has 0 amide bonds. The van der Waals surface area contributed by atoms with Crippen molar-refractivity contribution in [1.29, 1.82) is 0 Å². The summed E-state index contributed by atoms with van der Waals surface area (Å²) in [5.74, 6) is 0.0539. The van der Waals surface area contributed by atoms with Gasteiger partial charge in [-0.2, -0.15) is 0 Å². The summed E-state index contributed by atoms with van der Waals surface area (Å²) in [5.41, 5.74) is 1.08. The van der Waals surface area contributed by atoms with E-state index in [1.165, 1.54) is 14.2 Å². The minimum atomic E-state index is -0.916. The number of ether oxygens (including phenoxy) is 4. The molecule has 122 valence electrons. The molecular weight excluding hydrogens is 288 g/mol. The number of carboxylic acids is 1. The van der Waals surface area contributed by atoms with Crippen LogP contribution in [0.5, 0.6) is 11.5 Å². The normalized spacial score (nSPS) is 11.3. The van der Waals surface area contributed by atoms with Crippen LogP contribution in [-0.2, 0) is 14.3 Å². The maximum absolute atomic E-state index is 11.2. The predicted molar refractivity (Wildman–Crippen MR) is 82.0 cm³/mol. The van der Waals surface area contributed by atoms with Crippen molar-refractivity contribution in [1.82, 2.24) is 0 Å². The van der Waals surface area contributed by atoms with E-state index in [1.807, 2.05) is 6.92 Å². The number of carboxylic acid groups (broad SMARTS) is 1. The molecule has 1 aromatic carbocycles. The van der Waals surface area contributed by atoms with Crippen LogP contribution >= 0.6 is 0 Å². The summed E-state index contributed by atoms with van der Waals surface area (Å²) in [4.78, 5) is 11.2. The van der Waals surface area contributed by atoms with Gasteiger partial charge in [0.1, 0.15) is 0 Å². The number of hydrogen-bond acceptors (Lipinski definition) is 5.